The molecule has 0 radical (unpaired) electrons. The van der Waals surface area contributed by atoms with E-state index < -0.39 is 23.8 Å². The predicted octanol–water partition coefficient (Wildman–Crippen LogP) is 5.46. The number of hydrogen-bond acceptors (Lipinski definition) is 7. The minimum atomic E-state index is -1.63. The van der Waals surface area contributed by atoms with E-state index in [0.717, 1.165) is 5.56 Å². The van der Waals surface area contributed by atoms with Gasteiger partial charge in [-0.3, -0.25) is 4.79 Å². The molecule has 7 nitrogen and oxygen atoms in total. The minimum Gasteiger partial charge on any atom is -0.465 e. The van der Waals surface area contributed by atoms with Gasteiger partial charge in [0, 0.05) is 21.8 Å². The number of methoxy groups -OCH3 is 2. The second-order valence-corrected chi connectivity index (χ2v) is 9.25. The van der Waals surface area contributed by atoms with Crippen molar-refractivity contribution < 1.29 is 28.6 Å². The van der Waals surface area contributed by atoms with Crippen molar-refractivity contribution in [2.45, 2.75) is 11.8 Å². The van der Waals surface area contributed by atoms with Crippen LogP contribution in [0.3, 0.4) is 0 Å². The molecule has 0 aromatic heterocycles. The van der Waals surface area contributed by atoms with E-state index in [1.54, 1.807) is 59.5 Å². The summed E-state index contributed by atoms with van der Waals surface area (Å²) in [7, 11) is 2.45. The Kier molecular flexibility index (Phi) is 7.19. The van der Waals surface area contributed by atoms with E-state index in [4.69, 9.17) is 25.8 Å². The number of esters is 2. The van der Waals surface area contributed by atoms with Gasteiger partial charge < -0.3 is 19.1 Å². The second kappa shape index (κ2) is 10.7. The van der Waals surface area contributed by atoms with E-state index >= 15 is 0 Å². The lowest BCUT2D eigenvalue weighted by Gasteiger charge is -2.47. The van der Waals surface area contributed by atoms with Crippen molar-refractivity contribution in [3.63, 3.8) is 0 Å². The van der Waals surface area contributed by atoms with Crippen LogP contribution in [0, 0.1) is 0 Å². The van der Waals surface area contributed by atoms with Crippen molar-refractivity contribution in [2.75, 3.05) is 19.1 Å². The van der Waals surface area contributed by atoms with E-state index in [0.29, 0.717) is 21.8 Å². The molecule has 2 aliphatic rings. The SMILES string of the molecule is COC(=O)C1=C(C(=O)OC)[C@]2(C=CC(=O)c3ccccc32)OC(/C=C/c2ccccc2)N1c1ccc(Cl)cc1. The number of anilines is 1. The van der Waals surface area contributed by atoms with Crippen LogP contribution in [0.2, 0.25) is 5.02 Å². The van der Waals surface area contributed by atoms with Crippen LogP contribution in [-0.4, -0.2) is 38.2 Å². The van der Waals surface area contributed by atoms with Crippen LogP contribution in [0.25, 0.3) is 6.08 Å². The highest BCUT2D eigenvalue weighted by atomic mass is 35.5. The van der Waals surface area contributed by atoms with Crippen LogP contribution in [0.5, 0.6) is 0 Å². The molecule has 1 heterocycles. The van der Waals surface area contributed by atoms with Gasteiger partial charge in [-0.2, -0.15) is 0 Å². The van der Waals surface area contributed by atoms with Gasteiger partial charge in [0.05, 0.1) is 14.2 Å². The van der Waals surface area contributed by atoms with Crippen LogP contribution in [-0.2, 0) is 29.4 Å². The summed E-state index contributed by atoms with van der Waals surface area (Å²) in [5, 5.41) is 0.490. The van der Waals surface area contributed by atoms with Crippen LogP contribution in [0.1, 0.15) is 21.5 Å². The summed E-state index contributed by atoms with van der Waals surface area (Å²) < 4.78 is 17.2. The van der Waals surface area contributed by atoms with E-state index in [9.17, 15) is 14.4 Å². The molecule has 5 rings (SSSR count). The number of benzene rings is 3. The van der Waals surface area contributed by atoms with Gasteiger partial charge in [0.25, 0.3) is 0 Å². The zero-order chi connectivity index (χ0) is 27.6. The highest BCUT2D eigenvalue weighted by Gasteiger charge is 2.53. The average molecular weight is 542 g/mol. The quantitative estimate of drug-likeness (QED) is 0.396. The van der Waals surface area contributed by atoms with Gasteiger partial charge in [-0.05, 0) is 48.1 Å². The van der Waals surface area contributed by atoms with Crippen molar-refractivity contribution in [1.29, 1.82) is 0 Å². The molecule has 1 aliphatic carbocycles. The Morgan fingerprint density at radius 3 is 2.28 bits per heavy atom. The number of nitrogens with zero attached hydrogens (tertiary/aromatic N) is 1. The molecule has 1 spiro atoms. The number of rotatable bonds is 5. The molecule has 3 aromatic carbocycles. The highest BCUT2D eigenvalue weighted by Crippen LogP contribution is 2.48. The lowest BCUT2D eigenvalue weighted by Crippen LogP contribution is -2.54. The number of hydrogen-bond donors (Lipinski definition) is 0. The standard InChI is InChI=1S/C31H24ClNO6/c1-37-29(35)27-28(30(36)38-2)33(22-15-13-21(32)14-16-22)26(17-12-20-8-4-3-5-9-20)39-31(27)19-18-25(34)23-10-6-7-11-24(23)31/h3-19,26H,1-2H3/b17-12+/t26?,31-/m1/s1. The van der Waals surface area contributed by atoms with Gasteiger partial charge in [0.1, 0.15) is 16.9 Å². The molecule has 0 bridgehead atoms. The summed E-state index contributed by atoms with van der Waals surface area (Å²) in [5.41, 5.74) is 0.327. The molecular formula is C31H24ClNO6. The van der Waals surface area contributed by atoms with Crippen molar-refractivity contribution in [3.8, 4) is 0 Å². The molecule has 0 N–H and O–H groups in total. The van der Waals surface area contributed by atoms with Crippen LogP contribution in [0.4, 0.5) is 5.69 Å². The summed E-state index contributed by atoms with van der Waals surface area (Å²) in [5.74, 6) is -1.84. The fourth-order valence-corrected chi connectivity index (χ4v) is 4.97. The first-order chi connectivity index (χ1) is 18.9. The first-order valence-electron chi connectivity index (χ1n) is 12.1. The van der Waals surface area contributed by atoms with Gasteiger partial charge in [-0.15, -0.1) is 0 Å². The number of fused-ring (bicyclic) bond motifs is 2. The molecule has 2 atom stereocenters. The number of halogens is 1. The maximum atomic E-state index is 13.5. The van der Waals surface area contributed by atoms with Crippen molar-refractivity contribution >= 4 is 41.1 Å². The van der Waals surface area contributed by atoms with Crippen LogP contribution >= 0.6 is 11.6 Å². The number of carbonyl (C=O) groups excluding carboxylic acids is 3. The summed E-state index contributed by atoms with van der Waals surface area (Å²) in [6, 6.07) is 23.1. The maximum Gasteiger partial charge on any atom is 0.355 e. The number of ketones is 1. The van der Waals surface area contributed by atoms with Gasteiger partial charge in [-0.1, -0.05) is 72.3 Å². The summed E-state index contributed by atoms with van der Waals surface area (Å²) >= 11 is 6.16. The van der Waals surface area contributed by atoms with E-state index in [2.05, 4.69) is 0 Å². The van der Waals surface area contributed by atoms with Gasteiger partial charge in [0.15, 0.2) is 12.0 Å². The second-order valence-electron chi connectivity index (χ2n) is 8.81. The smallest absolute Gasteiger partial charge is 0.355 e. The van der Waals surface area contributed by atoms with Gasteiger partial charge >= 0.3 is 11.9 Å². The van der Waals surface area contributed by atoms with E-state index in [1.165, 1.54) is 26.4 Å². The van der Waals surface area contributed by atoms with E-state index in [1.807, 2.05) is 36.4 Å². The molecule has 3 aromatic rings. The Labute approximate surface area is 230 Å². The molecule has 8 heteroatoms. The van der Waals surface area contributed by atoms with Gasteiger partial charge in [0.2, 0.25) is 0 Å². The average Bonchev–Trinajstić information content (AvgIpc) is 2.98. The Hall–Kier alpha value is -4.46. The van der Waals surface area contributed by atoms with Crippen molar-refractivity contribution in [3.05, 3.63) is 130 Å². The molecule has 1 unspecified atom stereocenters. The number of ether oxygens (including phenoxy) is 3. The summed E-state index contributed by atoms with van der Waals surface area (Å²) in [6.07, 6.45) is 5.53. The van der Waals surface area contributed by atoms with Crippen molar-refractivity contribution in [2.24, 2.45) is 0 Å². The van der Waals surface area contributed by atoms with E-state index in [-0.39, 0.29) is 17.1 Å². The molecule has 39 heavy (non-hydrogen) atoms. The highest BCUT2D eigenvalue weighted by molar-refractivity contribution is 6.30. The molecule has 196 valence electrons. The van der Waals surface area contributed by atoms with Crippen LogP contribution in [0.15, 0.2) is 108 Å². The van der Waals surface area contributed by atoms with Crippen LogP contribution < -0.4 is 4.90 Å². The number of carbonyl (C=O) groups is 3. The third kappa shape index (κ3) is 4.67. The largest absolute Gasteiger partial charge is 0.465 e. The Morgan fingerprint density at radius 2 is 1.59 bits per heavy atom. The molecule has 0 saturated carbocycles. The zero-order valence-electron chi connectivity index (χ0n) is 21.2. The lowest BCUT2D eigenvalue weighted by molar-refractivity contribution is -0.145. The Morgan fingerprint density at radius 1 is 0.923 bits per heavy atom. The first kappa shape index (κ1) is 26.2. The van der Waals surface area contributed by atoms with Gasteiger partial charge in [-0.25, -0.2) is 9.59 Å². The molecule has 1 aliphatic heterocycles. The molecule has 0 saturated heterocycles. The normalized spacial score (nSPS) is 20.3. The summed E-state index contributed by atoms with van der Waals surface area (Å²) in [6.45, 7) is 0. The monoisotopic (exact) mass is 541 g/mol. The fourth-order valence-electron chi connectivity index (χ4n) is 4.85. The van der Waals surface area contributed by atoms with Crippen molar-refractivity contribution in [1.82, 2.24) is 0 Å². The number of allylic oxidation sites excluding steroid dienone is 1. The Balaban J connectivity index is 1.84. The zero-order valence-corrected chi connectivity index (χ0v) is 21.9. The third-order valence-electron chi connectivity index (χ3n) is 6.60. The fraction of sp³-hybridized carbons (Fsp3) is 0.129. The topological polar surface area (TPSA) is 82.1 Å². The molecule has 0 amide bonds. The Bertz CT molecular complexity index is 1530. The molecular weight excluding hydrogens is 518 g/mol. The maximum absolute atomic E-state index is 13.5. The first-order valence-corrected chi connectivity index (χ1v) is 12.5. The summed E-state index contributed by atoms with van der Waals surface area (Å²) in [4.78, 5) is 41.5. The lowest BCUT2D eigenvalue weighted by atomic mass is 9.76. The minimum absolute atomic E-state index is 0.0885. The molecule has 0 fully saturated rings. The predicted molar refractivity (Wildman–Crippen MR) is 147 cm³/mol. The third-order valence-corrected chi connectivity index (χ3v) is 6.85.